The minimum atomic E-state index is -4.73. The van der Waals surface area contributed by atoms with Gasteiger partial charge in [0.15, 0.2) is 0 Å². The molecule has 10 heteroatoms. The van der Waals surface area contributed by atoms with Gasteiger partial charge in [-0.1, -0.05) is 30.0 Å². The fraction of sp³-hybridized carbons (Fsp3) is 0.0667. The van der Waals surface area contributed by atoms with E-state index in [2.05, 4.69) is 20.5 Å². The van der Waals surface area contributed by atoms with Crippen molar-refractivity contribution in [2.45, 2.75) is 16.0 Å². The number of aromatic amines is 1. The van der Waals surface area contributed by atoms with Crippen molar-refractivity contribution in [1.29, 1.82) is 0 Å². The first kappa shape index (κ1) is 17.1. The van der Waals surface area contributed by atoms with Crippen molar-refractivity contribution in [2.75, 3.05) is 11.1 Å². The molecule has 0 saturated heterocycles. The average Bonchev–Trinajstić information content (AvgIpc) is 2.94. The molecule has 4 N–H and O–H groups in total. The number of nitrogens with zero attached hydrogens (tertiary/aromatic N) is 2. The maximum Gasteiger partial charge on any atom is 0.417 e. The van der Waals surface area contributed by atoms with Crippen LogP contribution >= 0.6 is 11.8 Å². The number of hydrogen-bond donors (Lipinski definition) is 3. The Kier molecular flexibility index (Phi) is 4.53. The molecule has 1 heterocycles. The van der Waals surface area contributed by atoms with Crippen molar-refractivity contribution in [1.82, 2.24) is 15.2 Å². The van der Waals surface area contributed by atoms with Crippen LogP contribution < -0.4 is 11.1 Å². The van der Waals surface area contributed by atoms with Crippen LogP contribution in [-0.4, -0.2) is 15.2 Å². The van der Waals surface area contributed by atoms with Gasteiger partial charge in [0, 0.05) is 10.6 Å². The lowest BCUT2D eigenvalue weighted by atomic mass is 10.2. The summed E-state index contributed by atoms with van der Waals surface area (Å²) in [5, 5.41) is 8.45. The van der Waals surface area contributed by atoms with Crippen molar-refractivity contribution in [3.8, 4) is 0 Å². The van der Waals surface area contributed by atoms with Crippen LogP contribution in [0.25, 0.3) is 0 Å². The second-order valence-electron chi connectivity index (χ2n) is 4.92. The van der Waals surface area contributed by atoms with Crippen molar-refractivity contribution < 1.29 is 17.6 Å². The van der Waals surface area contributed by atoms with E-state index in [0.717, 1.165) is 12.1 Å². The molecule has 0 atom stereocenters. The van der Waals surface area contributed by atoms with Crippen molar-refractivity contribution in [3.05, 3.63) is 53.8 Å². The van der Waals surface area contributed by atoms with Crippen LogP contribution in [-0.2, 0) is 6.18 Å². The maximum atomic E-state index is 14.4. The smallest absolute Gasteiger partial charge is 0.368 e. The second kappa shape index (κ2) is 6.63. The molecular formula is C15H11F4N5S. The van der Waals surface area contributed by atoms with Crippen LogP contribution in [0.1, 0.15) is 5.56 Å². The Bertz CT molecular complexity index is 879. The Hall–Kier alpha value is -2.75. The van der Waals surface area contributed by atoms with Crippen molar-refractivity contribution in [3.63, 3.8) is 0 Å². The van der Waals surface area contributed by atoms with Gasteiger partial charge in [0.05, 0.1) is 10.5 Å². The van der Waals surface area contributed by atoms with Gasteiger partial charge in [0.2, 0.25) is 11.9 Å². The first-order chi connectivity index (χ1) is 11.8. The van der Waals surface area contributed by atoms with E-state index in [4.69, 9.17) is 5.73 Å². The number of rotatable bonds is 4. The number of aromatic nitrogens is 3. The zero-order chi connectivity index (χ0) is 18.0. The highest BCUT2D eigenvalue weighted by atomic mass is 32.2. The molecule has 0 unspecified atom stereocenters. The third kappa shape index (κ3) is 4.02. The Morgan fingerprint density at radius 1 is 1.12 bits per heavy atom. The van der Waals surface area contributed by atoms with Gasteiger partial charge >= 0.3 is 6.18 Å². The largest absolute Gasteiger partial charge is 0.417 e. The van der Waals surface area contributed by atoms with E-state index >= 15 is 0 Å². The van der Waals surface area contributed by atoms with E-state index in [1.54, 1.807) is 30.3 Å². The lowest BCUT2D eigenvalue weighted by molar-refractivity contribution is -0.140. The molecule has 0 saturated carbocycles. The molecule has 0 bridgehead atoms. The van der Waals surface area contributed by atoms with E-state index in [0.29, 0.717) is 16.7 Å². The molecule has 5 nitrogen and oxygen atoms in total. The molecule has 0 aliphatic heterocycles. The van der Waals surface area contributed by atoms with Gasteiger partial charge in [-0.05, 0) is 24.3 Å². The monoisotopic (exact) mass is 369 g/mol. The van der Waals surface area contributed by atoms with E-state index in [1.165, 1.54) is 0 Å². The minimum absolute atomic E-state index is 0.0183. The molecule has 0 radical (unpaired) electrons. The molecule has 3 aromatic rings. The first-order valence-corrected chi connectivity index (χ1v) is 7.73. The van der Waals surface area contributed by atoms with Gasteiger partial charge < -0.3 is 11.1 Å². The quantitative estimate of drug-likeness (QED) is 0.593. The molecule has 0 amide bonds. The van der Waals surface area contributed by atoms with E-state index in [-0.39, 0.29) is 17.6 Å². The standard InChI is InChI=1S/C15H11F4N5S/c16-11-7-8(21-14-22-13(20)23-24-14)6-10(15(17,18)19)12(11)25-9-4-2-1-3-5-9/h1-7H,(H4,20,21,22,23,24). The third-order valence-corrected chi connectivity index (χ3v) is 4.20. The fourth-order valence-electron chi connectivity index (χ4n) is 2.05. The number of nitrogen functional groups attached to an aromatic ring is 1. The van der Waals surface area contributed by atoms with Gasteiger partial charge in [-0.15, -0.1) is 5.10 Å². The zero-order valence-corrected chi connectivity index (χ0v) is 13.2. The summed E-state index contributed by atoms with van der Waals surface area (Å²) in [7, 11) is 0. The molecule has 0 aliphatic carbocycles. The van der Waals surface area contributed by atoms with Gasteiger partial charge in [-0.2, -0.15) is 18.2 Å². The van der Waals surface area contributed by atoms with E-state index in [9.17, 15) is 17.6 Å². The summed E-state index contributed by atoms with van der Waals surface area (Å²) in [6.45, 7) is 0. The van der Waals surface area contributed by atoms with Gasteiger partial charge in [-0.25, -0.2) is 9.49 Å². The zero-order valence-electron chi connectivity index (χ0n) is 12.4. The summed E-state index contributed by atoms with van der Waals surface area (Å²) in [5.41, 5.74) is 4.12. The lowest BCUT2D eigenvalue weighted by Crippen LogP contribution is -2.09. The average molecular weight is 369 g/mol. The molecule has 3 rings (SSSR count). The summed E-state index contributed by atoms with van der Waals surface area (Å²) in [5.74, 6) is -1.08. The van der Waals surface area contributed by atoms with Crippen LogP contribution in [0.2, 0.25) is 0 Å². The van der Waals surface area contributed by atoms with Crippen LogP contribution in [0, 0.1) is 5.82 Å². The van der Waals surface area contributed by atoms with Gasteiger partial charge in [0.1, 0.15) is 5.82 Å². The fourth-order valence-corrected chi connectivity index (χ4v) is 3.02. The second-order valence-corrected chi connectivity index (χ2v) is 6.00. The van der Waals surface area contributed by atoms with E-state index < -0.39 is 22.5 Å². The number of halogens is 4. The number of alkyl halides is 3. The van der Waals surface area contributed by atoms with E-state index in [1.807, 2.05) is 0 Å². The number of anilines is 3. The number of nitrogens with one attached hydrogen (secondary N) is 2. The van der Waals surface area contributed by atoms with Crippen LogP contribution in [0.3, 0.4) is 0 Å². The Morgan fingerprint density at radius 2 is 1.84 bits per heavy atom. The number of nitrogens with two attached hydrogens (primary N) is 1. The summed E-state index contributed by atoms with van der Waals surface area (Å²) < 4.78 is 54.6. The Morgan fingerprint density at radius 3 is 2.44 bits per heavy atom. The molecule has 0 fully saturated rings. The van der Waals surface area contributed by atoms with Crippen molar-refractivity contribution >= 4 is 29.3 Å². The van der Waals surface area contributed by atoms with Crippen LogP contribution in [0.5, 0.6) is 0 Å². The predicted octanol–water partition coefficient (Wildman–Crippen LogP) is 4.44. The molecule has 1 aromatic heterocycles. The Labute approximate surface area is 143 Å². The SMILES string of the molecule is Nc1nc(Nc2cc(F)c(Sc3ccccc3)c(C(F)(F)F)c2)n[nH]1. The first-order valence-electron chi connectivity index (χ1n) is 6.91. The summed E-state index contributed by atoms with van der Waals surface area (Å²) in [6, 6.07) is 10.0. The predicted molar refractivity (Wildman–Crippen MR) is 86.0 cm³/mol. The lowest BCUT2D eigenvalue weighted by Gasteiger charge is -2.15. The highest BCUT2D eigenvalue weighted by Gasteiger charge is 2.36. The normalized spacial score (nSPS) is 11.5. The highest BCUT2D eigenvalue weighted by Crippen LogP contribution is 2.42. The minimum Gasteiger partial charge on any atom is -0.368 e. The highest BCUT2D eigenvalue weighted by molar-refractivity contribution is 7.99. The van der Waals surface area contributed by atoms with Crippen molar-refractivity contribution in [2.24, 2.45) is 0 Å². The Balaban J connectivity index is 2.00. The molecule has 2 aromatic carbocycles. The molecular weight excluding hydrogens is 358 g/mol. The summed E-state index contributed by atoms with van der Waals surface area (Å²) in [6.07, 6.45) is -4.73. The number of hydrogen-bond acceptors (Lipinski definition) is 5. The molecule has 0 aliphatic rings. The summed E-state index contributed by atoms with van der Waals surface area (Å²) >= 11 is 0.707. The number of benzene rings is 2. The number of H-pyrrole nitrogens is 1. The summed E-state index contributed by atoms with van der Waals surface area (Å²) in [4.78, 5) is 3.70. The van der Waals surface area contributed by atoms with Crippen LogP contribution in [0.4, 0.5) is 35.1 Å². The van der Waals surface area contributed by atoms with Gasteiger partial charge in [-0.3, -0.25) is 0 Å². The van der Waals surface area contributed by atoms with Gasteiger partial charge in [0.25, 0.3) is 0 Å². The maximum absolute atomic E-state index is 14.4. The molecule has 25 heavy (non-hydrogen) atoms. The molecule has 0 spiro atoms. The molecule has 130 valence electrons. The third-order valence-electron chi connectivity index (χ3n) is 3.07. The van der Waals surface area contributed by atoms with Crippen LogP contribution in [0.15, 0.2) is 52.3 Å². The topological polar surface area (TPSA) is 79.6 Å².